The predicted molar refractivity (Wildman–Crippen MR) is 124 cm³/mol. The summed E-state index contributed by atoms with van der Waals surface area (Å²) in [6, 6.07) is 15.6. The summed E-state index contributed by atoms with van der Waals surface area (Å²) in [7, 11) is -4.28. The molecule has 0 saturated heterocycles. The van der Waals surface area contributed by atoms with Crippen molar-refractivity contribution in [1.29, 1.82) is 5.26 Å². The number of benzene rings is 2. The Kier molecular flexibility index (Phi) is 5.99. The molecular formula is C22H14Cl2N4O4S. The Morgan fingerprint density at radius 2 is 1.82 bits per heavy atom. The highest BCUT2D eigenvalue weighted by molar-refractivity contribution is 7.92. The SMILES string of the molecule is N#Cc1ccc(-n2ccc3cc(N(CC(=O)O)S(=O)(=O)c4cc(Cl)cc(Cl)c4)ccc32)nc1. The number of aromatic nitrogens is 2. The molecule has 11 heteroatoms. The van der Waals surface area contributed by atoms with Crippen LogP contribution in [0.1, 0.15) is 5.56 Å². The van der Waals surface area contributed by atoms with Crippen molar-refractivity contribution in [3.8, 4) is 11.9 Å². The summed E-state index contributed by atoms with van der Waals surface area (Å²) in [6.45, 7) is -0.796. The fraction of sp³-hybridized carbons (Fsp3) is 0.0455. The molecule has 4 rings (SSSR count). The molecule has 8 nitrogen and oxygen atoms in total. The Morgan fingerprint density at radius 3 is 2.42 bits per heavy atom. The van der Waals surface area contributed by atoms with Crippen LogP contribution in [0.4, 0.5) is 5.69 Å². The van der Waals surface area contributed by atoms with Crippen molar-refractivity contribution in [3.63, 3.8) is 0 Å². The molecule has 0 radical (unpaired) electrons. The largest absolute Gasteiger partial charge is 0.480 e. The first kappa shape index (κ1) is 22.6. The number of sulfonamides is 1. The Labute approximate surface area is 198 Å². The maximum Gasteiger partial charge on any atom is 0.324 e. The number of nitriles is 1. The first-order valence-corrected chi connectivity index (χ1v) is 11.6. The molecule has 0 aliphatic rings. The van der Waals surface area contributed by atoms with Gasteiger partial charge in [-0.2, -0.15) is 5.26 Å². The summed E-state index contributed by atoms with van der Waals surface area (Å²) in [5.41, 5.74) is 1.30. The molecule has 0 amide bonds. The topological polar surface area (TPSA) is 116 Å². The van der Waals surface area contributed by atoms with Crippen LogP contribution in [-0.4, -0.2) is 35.6 Å². The van der Waals surface area contributed by atoms with Crippen LogP contribution in [0.2, 0.25) is 10.0 Å². The molecule has 166 valence electrons. The van der Waals surface area contributed by atoms with E-state index in [-0.39, 0.29) is 20.6 Å². The van der Waals surface area contributed by atoms with Crippen molar-refractivity contribution < 1.29 is 18.3 Å². The Hall–Kier alpha value is -3.58. The highest BCUT2D eigenvalue weighted by atomic mass is 35.5. The average molecular weight is 501 g/mol. The van der Waals surface area contributed by atoms with E-state index in [1.54, 1.807) is 41.1 Å². The average Bonchev–Trinajstić information content (AvgIpc) is 3.20. The van der Waals surface area contributed by atoms with Crippen LogP contribution in [0.5, 0.6) is 0 Å². The summed E-state index contributed by atoms with van der Waals surface area (Å²) >= 11 is 11.9. The van der Waals surface area contributed by atoms with E-state index in [1.807, 2.05) is 6.07 Å². The minimum absolute atomic E-state index is 0.110. The summed E-state index contributed by atoms with van der Waals surface area (Å²) in [5.74, 6) is -0.758. The molecule has 33 heavy (non-hydrogen) atoms. The van der Waals surface area contributed by atoms with Crippen molar-refractivity contribution in [3.05, 3.63) is 82.6 Å². The lowest BCUT2D eigenvalue weighted by molar-refractivity contribution is -0.135. The van der Waals surface area contributed by atoms with Crippen LogP contribution in [0.25, 0.3) is 16.7 Å². The maximum absolute atomic E-state index is 13.3. The quantitative estimate of drug-likeness (QED) is 0.416. The van der Waals surface area contributed by atoms with Crippen LogP contribution in [0.3, 0.4) is 0 Å². The molecular weight excluding hydrogens is 487 g/mol. The van der Waals surface area contributed by atoms with Crippen molar-refractivity contribution >= 4 is 55.8 Å². The Balaban J connectivity index is 1.80. The number of hydrogen-bond acceptors (Lipinski definition) is 5. The number of carbonyl (C=O) groups is 1. The van der Waals surface area contributed by atoms with Gasteiger partial charge in [-0.3, -0.25) is 9.10 Å². The number of carboxylic acids is 1. The summed E-state index contributed by atoms with van der Waals surface area (Å²) in [6.07, 6.45) is 3.20. The van der Waals surface area contributed by atoms with Crippen LogP contribution in [0.15, 0.2) is 71.9 Å². The zero-order valence-corrected chi connectivity index (χ0v) is 19.0. The van der Waals surface area contributed by atoms with Gasteiger partial charge in [0.1, 0.15) is 18.4 Å². The molecule has 1 N–H and O–H groups in total. The van der Waals surface area contributed by atoms with Gasteiger partial charge < -0.3 is 9.67 Å². The minimum atomic E-state index is -4.28. The number of anilines is 1. The number of rotatable bonds is 6. The normalized spacial score (nSPS) is 11.3. The molecule has 0 unspecified atom stereocenters. The van der Waals surface area contributed by atoms with Crippen molar-refractivity contribution in [2.24, 2.45) is 0 Å². The van der Waals surface area contributed by atoms with Crippen molar-refractivity contribution in [2.45, 2.75) is 4.90 Å². The van der Waals surface area contributed by atoms with Gasteiger partial charge in [0.25, 0.3) is 10.0 Å². The molecule has 2 aromatic carbocycles. The molecule has 0 spiro atoms. The van der Waals surface area contributed by atoms with E-state index in [0.717, 1.165) is 9.82 Å². The zero-order valence-electron chi connectivity index (χ0n) is 16.7. The van der Waals surface area contributed by atoms with Gasteiger partial charge in [0.2, 0.25) is 0 Å². The Bertz CT molecular complexity index is 1510. The molecule has 0 aliphatic heterocycles. The third-order valence-electron chi connectivity index (χ3n) is 4.79. The second-order valence-electron chi connectivity index (χ2n) is 6.96. The Morgan fingerprint density at radius 1 is 1.09 bits per heavy atom. The van der Waals surface area contributed by atoms with E-state index in [1.165, 1.54) is 30.5 Å². The molecule has 0 bridgehead atoms. The van der Waals surface area contributed by atoms with Gasteiger partial charge in [-0.25, -0.2) is 13.4 Å². The van der Waals surface area contributed by atoms with Gasteiger partial charge in [-0.05, 0) is 54.6 Å². The van der Waals surface area contributed by atoms with Gasteiger partial charge in [0.05, 0.1) is 21.7 Å². The number of aliphatic carboxylic acids is 1. The number of pyridine rings is 1. The van der Waals surface area contributed by atoms with E-state index < -0.39 is 22.5 Å². The molecule has 2 aromatic heterocycles. The molecule has 0 atom stereocenters. The molecule has 0 saturated carbocycles. The third kappa shape index (κ3) is 4.50. The van der Waals surface area contributed by atoms with Gasteiger partial charge in [0, 0.05) is 27.8 Å². The van der Waals surface area contributed by atoms with E-state index >= 15 is 0 Å². The summed E-state index contributed by atoms with van der Waals surface area (Å²) < 4.78 is 29.2. The van der Waals surface area contributed by atoms with Crippen LogP contribution in [-0.2, 0) is 14.8 Å². The minimum Gasteiger partial charge on any atom is -0.480 e. The summed E-state index contributed by atoms with van der Waals surface area (Å²) in [4.78, 5) is 15.6. The monoisotopic (exact) mass is 500 g/mol. The molecule has 4 aromatic rings. The molecule has 0 fully saturated rings. The van der Waals surface area contributed by atoms with Crippen LogP contribution >= 0.6 is 23.2 Å². The van der Waals surface area contributed by atoms with Crippen molar-refractivity contribution in [2.75, 3.05) is 10.8 Å². The van der Waals surface area contributed by atoms with E-state index in [2.05, 4.69) is 4.98 Å². The maximum atomic E-state index is 13.3. The van der Waals surface area contributed by atoms with E-state index in [0.29, 0.717) is 16.8 Å². The zero-order chi connectivity index (χ0) is 23.8. The third-order valence-corrected chi connectivity index (χ3v) is 6.98. The van der Waals surface area contributed by atoms with Gasteiger partial charge in [0.15, 0.2) is 0 Å². The number of halogens is 2. The van der Waals surface area contributed by atoms with Gasteiger partial charge in [-0.1, -0.05) is 23.2 Å². The lowest BCUT2D eigenvalue weighted by atomic mass is 10.2. The second kappa shape index (κ2) is 8.75. The van der Waals surface area contributed by atoms with Crippen LogP contribution in [0, 0.1) is 11.3 Å². The smallest absolute Gasteiger partial charge is 0.324 e. The van der Waals surface area contributed by atoms with E-state index in [4.69, 9.17) is 28.5 Å². The van der Waals surface area contributed by atoms with Crippen molar-refractivity contribution in [1.82, 2.24) is 9.55 Å². The second-order valence-corrected chi connectivity index (χ2v) is 9.69. The highest BCUT2D eigenvalue weighted by Crippen LogP contribution is 2.31. The van der Waals surface area contributed by atoms with E-state index in [9.17, 15) is 18.3 Å². The number of nitrogens with zero attached hydrogens (tertiary/aromatic N) is 4. The number of hydrogen-bond donors (Lipinski definition) is 1. The lowest BCUT2D eigenvalue weighted by Gasteiger charge is -2.23. The molecule has 2 heterocycles. The predicted octanol–water partition coefficient (Wildman–Crippen LogP) is 4.48. The first-order chi connectivity index (χ1) is 15.7. The number of carboxylic acid groups (broad SMARTS) is 1. The van der Waals surface area contributed by atoms with Crippen LogP contribution < -0.4 is 4.31 Å². The standard InChI is InChI=1S/C22H14Cl2N4O4S/c23-16-8-17(24)10-19(9-16)33(31,32)28(13-22(29)30)18-2-3-20-15(7-18)5-6-27(20)21-4-1-14(11-25)12-26-21/h1-10,12H,13H2,(H,29,30). The molecule has 0 aliphatic carbocycles. The fourth-order valence-electron chi connectivity index (χ4n) is 3.32. The highest BCUT2D eigenvalue weighted by Gasteiger charge is 2.28. The number of fused-ring (bicyclic) bond motifs is 1. The fourth-order valence-corrected chi connectivity index (χ4v) is 5.46. The van der Waals surface area contributed by atoms with Gasteiger partial charge in [-0.15, -0.1) is 0 Å². The first-order valence-electron chi connectivity index (χ1n) is 9.37. The lowest BCUT2D eigenvalue weighted by Crippen LogP contribution is -2.35. The van der Waals surface area contributed by atoms with Gasteiger partial charge >= 0.3 is 5.97 Å². The summed E-state index contributed by atoms with van der Waals surface area (Å²) in [5, 5.41) is 19.2.